The van der Waals surface area contributed by atoms with Crippen molar-refractivity contribution in [2.24, 2.45) is 5.73 Å². The molecular formula is C8H16F3N3O. The standard InChI is InChI=1S/C8H16F3N3O/c1-2-14(4-3-12)5-7(15)13-6-8(9,10)11/h2-6,12H2,1H3,(H,13,15). The van der Waals surface area contributed by atoms with Crippen molar-refractivity contribution in [3.63, 3.8) is 0 Å². The molecule has 90 valence electrons. The smallest absolute Gasteiger partial charge is 0.346 e. The Morgan fingerprint density at radius 1 is 1.47 bits per heavy atom. The first-order valence-corrected chi connectivity index (χ1v) is 4.65. The van der Waals surface area contributed by atoms with Crippen LogP contribution < -0.4 is 11.1 Å². The van der Waals surface area contributed by atoms with Crippen molar-refractivity contribution in [1.82, 2.24) is 10.2 Å². The molecule has 7 heteroatoms. The van der Waals surface area contributed by atoms with E-state index in [-0.39, 0.29) is 6.54 Å². The van der Waals surface area contributed by atoms with Gasteiger partial charge in [-0.2, -0.15) is 13.2 Å². The highest BCUT2D eigenvalue weighted by molar-refractivity contribution is 5.78. The lowest BCUT2D eigenvalue weighted by molar-refractivity contribution is -0.139. The summed E-state index contributed by atoms with van der Waals surface area (Å²) in [6.45, 7) is 1.93. The van der Waals surface area contributed by atoms with Gasteiger partial charge < -0.3 is 11.1 Å². The predicted molar refractivity (Wildman–Crippen MR) is 50.2 cm³/mol. The summed E-state index contributed by atoms with van der Waals surface area (Å²) in [5.41, 5.74) is 5.27. The van der Waals surface area contributed by atoms with Crippen molar-refractivity contribution >= 4 is 5.91 Å². The largest absolute Gasteiger partial charge is 0.405 e. The molecular weight excluding hydrogens is 211 g/mol. The highest BCUT2D eigenvalue weighted by Gasteiger charge is 2.27. The van der Waals surface area contributed by atoms with Crippen LogP contribution in [0.1, 0.15) is 6.92 Å². The minimum Gasteiger partial charge on any atom is -0.346 e. The summed E-state index contributed by atoms with van der Waals surface area (Å²) in [7, 11) is 0. The first kappa shape index (κ1) is 14.2. The zero-order chi connectivity index (χ0) is 11.9. The molecule has 0 radical (unpaired) electrons. The van der Waals surface area contributed by atoms with E-state index in [0.717, 1.165) is 0 Å². The van der Waals surface area contributed by atoms with Gasteiger partial charge in [0.2, 0.25) is 5.91 Å². The summed E-state index contributed by atoms with van der Waals surface area (Å²) < 4.78 is 35.2. The molecule has 4 nitrogen and oxygen atoms in total. The Balaban J connectivity index is 3.81. The average molecular weight is 227 g/mol. The van der Waals surface area contributed by atoms with E-state index in [9.17, 15) is 18.0 Å². The maximum Gasteiger partial charge on any atom is 0.405 e. The second kappa shape index (κ2) is 6.62. The third-order valence-electron chi connectivity index (χ3n) is 1.75. The lowest BCUT2D eigenvalue weighted by Gasteiger charge is -2.18. The molecule has 1 amide bonds. The number of hydrogen-bond donors (Lipinski definition) is 2. The molecule has 0 aromatic heterocycles. The van der Waals surface area contributed by atoms with Crippen LogP contribution in [0.25, 0.3) is 0 Å². The number of carbonyl (C=O) groups excluding carboxylic acids is 1. The fourth-order valence-electron chi connectivity index (χ4n) is 0.989. The van der Waals surface area contributed by atoms with Crippen LogP contribution in [0.5, 0.6) is 0 Å². The number of nitrogens with zero attached hydrogens (tertiary/aromatic N) is 1. The minimum atomic E-state index is -4.36. The van der Waals surface area contributed by atoms with Crippen molar-refractivity contribution in [2.45, 2.75) is 13.1 Å². The number of nitrogens with one attached hydrogen (secondary N) is 1. The molecule has 3 N–H and O–H groups in total. The first-order chi connectivity index (χ1) is 6.89. The van der Waals surface area contributed by atoms with E-state index in [0.29, 0.717) is 19.6 Å². The second-order valence-corrected chi connectivity index (χ2v) is 3.05. The number of likely N-dealkylation sites (N-methyl/N-ethyl adjacent to an activating group) is 1. The SMILES string of the molecule is CCN(CCN)CC(=O)NCC(F)(F)F. The molecule has 15 heavy (non-hydrogen) atoms. The highest BCUT2D eigenvalue weighted by atomic mass is 19.4. The normalized spacial score (nSPS) is 11.9. The molecule has 0 spiro atoms. The van der Waals surface area contributed by atoms with Crippen LogP contribution in [-0.4, -0.2) is 49.7 Å². The van der Waals surface area contributed by atoms with Crippen molar-refractivity contribution < 1.29 is 18.0 Å². The number of carbonyl (C=O) groups is 1. The predicted octanol–water partition coefficient (Wildman–Crippen LogP) is -0.0545. The molecule has 0 aromatic rings. The van der Waals surface area contributed by atoms with Crippen LogP contribution >= 0.6 is 0 Å². The van der Waals surface area contributed by atoms with Gasteiger partial charge in [0.1, 0.15) is 6.54 Å². The van der Waals surface area contributed by atoms with Crippen LogP contribution in [0, 0.1) is 0 Å². The van der Waals surface area contributed by atoms with Gasteiger partial charge in [-0.05, 0) is 6.54 Å². The molecule has 0 bridgehead atoms. The van der Waals surface area contributed by atoms with E-state index in [2.05, 4.69) is 0 Å². The maximum atomic E-state index is 11.7. The molecule has 0 heterocycles. The van der Waals surface area contributed by atoms with Gasteiger partial charge in [0.15, 0.2) is 0 Å². The number of amides is 1. The zero-order valence-electron chi connectivity index (χ0n) is 8.60. The fraction of sp³-hybridized carbons (Fsp3) is 0.875. The third kappa shape index (κ3) is 8.19. The van der Waals surface area contributed by atoms with Crippen molar-refractivity contribution in [2.75, 3.05) is 32.7 Å². The molecule has 0 fully saturated rings. The van der Waals surface area contributed by atoms with E-state index in [4.69, 9.17) is 5.73 Å². The quantitative estimate of drug-likeness (QED) is 0.668. The maximum absolute atomic E-state index is 11.7. The topological polar surface area (TPSA) is 58.4 Å². The van der Waals surface area contributed by atoms with Gasteiger partial charge >= 0.3 is 6.18 Å². The third-order valence-corrected chi connectivity index (χ3v) is 1.75. The second-order valence-electron chi connectivity index (χ2n) is 3.05. The minimum absolute atomic E-state index is 0.0518. The van der Waals surface area contributed by atoms with Gasteiger partial charge in [-0.1, -0.05) is 6.92 Å². The monoisotopic (exact) mass is 227 g/mol. The Kier molecular flexibility index (Phi) is 6.26. The molecule has 0 rings (SSSR count). The number of hydrogen-bond acceptors (Lipinski definition) is 3. The molecule has 0 aliphatic heterocycles. The molecule has 0 aliphatic rings. The van der Waals surface area contributed by atoms with Crippen LogP contribution in [-0.2, 0) is 4.79 Å². The number of nitrogens with two attached hydrogens (primary N) is 1. The van der Waals surface area contributed by atoms with E-state index in [1.165, 1.54) is 0 Å². The van der Waals surface area contributed by atoms with Gasteiger partial charge in [-0.25, -0.2) is 0 Å². The lowest BCUT2D eigenvalue weighted by atomic mass is 10.4. The highest BCUT2D eigenvalue weighted by Crippen LogP contribution is 2.11. The van der Waals surface area contributed by atoms with E-state index >= 15 is 0 Å². The molecule has 0 saturated heterocycles. The summed E-state index contributed by atoms with van der Waals surface area (Å²) in [6, 6.07) is 0. The summed E-state index contributed by atoms with van der Waals surface area (Å²) in [5, 5.41) is 1.80. The Bertz CT molecular complexity index is 196. The van der Waals surface area contributed by atoms with Crippen LogP contribution in [0.4, 0.5) is 13.2 Å². The average Bonchev–Trinajstić information content (AvgIpc) is 2.13. The van der Waals surface area contributed by atoms with Crippen LogP contribution in [0.15, 0.2) is 0 Å². The Morgan fingerprint density at radius 3 is 2.47 bits per heavy atom. The Labute approximate surface area is 86.6 Å². The van der Waals surface area contributed by atoms with Crippen molar-refractivity contribution in [3.05, 3.63) is 0 Å². The van der Waals surface area contributed by atoms with E-state index in [1.54, 1.807) is 10.2 Å². The van der Waals surface area contributed by atoms with Crippen LogP contribution in [0.3, 0.4) is 0 Å². The van der Waals surface area contributed by atoms with Gasteiger partial charge in [0, 0.05) is 13.1 Å². The molecule has 0 unspecified atom stereocenters. The Hall–Kier alpha value is -0.820. The molecule has 0 atom stereocenters. The van der Waals surface area contributed by atoms with E-state index in [1.807, 2.05) is 6.92 Å². The Morgan fingerprint density at radius 2 is 2.07 bits per heavy atom. The molecule has 0 saturated carbocycles. The zero-order valence-corrected chi connectivity index (χ0v) is 8.60. The van der Waals surface area contributed by atoms with Gasteiger partial charge in [0.25, 0.3) is 0 Å². The van der Waals surface area contributed by atoms with Crippen LogP contribution in [0.2, 0.25) is 0 Å². The number of rotatable bonds is 6. The summed E-state index contributed by atoms with van der Waals surface area (Å²) in [5.74, 6) is -0.636. The van der Waals surface area contributed by atoms with Crippen molar-refractivity contribution in [3.8, 4) is 0 Å². The number of alkyl halides is 3. The van der Waals surface area contributed by atoms with Gasteiger partial charge in [0.05, 0.1) is 6.54 Å². The molecule has 0 aliphatic carbocycles. The van der Waals surface area contributed by atoms with Crippen molar-refractivity contribution in [1.29, 1.82) is 0 Å². The van der Waals surface area contributed by atoms with E-state index < -0.39 is 18.6 Å². The number of halogens is 3. The summed E-state index contributed by atoms with van der Waals surface area (Å²) >= 11 is 0. The summed E-state index contributed by atoms with van der Waals surface area (Å²) in [6.07, 6.45) is -4.36. The first-order valence-electron chi connectivity index (χ1n) is 4.65. The molecule has 0 aromatic carbocycles. The lowest BCUT2D eigenvalue weighted by Crippen LogP contribution is -2.42. The van der Waals surface area contributed by atoms with Gasteiger partial charge in [-0.15, -0.1) is 0 Å². The summed E-state index contributed by atoms with van der Waals surface area (Å²) in [4.78, 5) is 12.7. The fourth-order valence-corrected chi connectivity index (χ4v) is 0.989. The van der Waals surface area contributed by atoms with Gasteiger partial charge in [-0.3, -0.25) is 9.69 Å².